The number of phenols is 1. The van der Waals surface area contributed by atoms with E-state index in [1.165, 1.54) is 12.1 Å². The van der Waals surface area contributed by atoms with Gasteiger partial charge in [-0.25, -0.2) is 0 Å². The Hall–Kier alpha value is -2.04. The summed E-state index contributed by atoms with van der Waals surface area (Å²) in [5.41, 5.74) is 0.161. The Morgan fingerprint density at radius 1 is 1.22 bits per heavy atom. The maximum absolute atomic E-state index is 11.7. The number of carbonyl (C=O) groups excluding carboxylic acids is 2. The molecule has 0 fully saturated rings. The number of benzene rings is 1. The second-order valence-electron chi connectivity index (χ2n) is 4.40. The first-order valence-corrected chi connectivity index (χ1v) is 5.83. The van der Waals surface area contributed by atoms with Gasteiger partial charge in [0, 0.05) is 6.54 Å². The fourth-order valence-corrected chi connectivity index (χ4v) is 1.30. The number of phenolic OH excluding ortho intramolecular Hbond substituents is 1. The first-order chi connectivity index (χ1) is 8.50. The van der Waals surface area contributed by atoms with Crippen molar-refractivity contribution in [3.8, 4) is 5.75 Å². The van der Waals surface area contributed by atoms with Gasteiger partial charge >= 0.3 is 0 Å². The predicted molar refractivity (Wildman–Crippen MR) is 68.3 cm³/mol. The van der Waals surface area contributed by atoms with Crippen LogP contribution in [0.1, 0.15) is 24.2 Å². The number of hydrogen-bond acceptors (Lipinski definition) is 3. The lowest BCUT2D eigenvalue weighted by Crippen LogP contribution is -2.38. The van der Waals surface area contributed by atoms with E-state index in [4.69, 9.17) is 0 Å². The molecule has 0 saturated carbocycles. The van der Waals surface area contributed by atoms with E-state index in [0.717, 1.165) is 0 Å². The number of hydrogen-bond donors (Lipinski definition) is 3. The van der Waals surface area contributed by atoms with Gasteiger partial charge in [-0.2, -0.15) is 0 Å². The second-order valence-corrected chi connectivity index (χ2v) is 4.40. The Labute approximate surface area is 106 Å². The summed E-state index contributed by atoms with van der Waals surface area (Å²) in [4.78, 5) is 23.0. The zero-order valence-corrected chi connectivity index (χ0v) is 10.6. The van der Waals surface area contributed by atoms with Gasteiger partial charge in [0.25, 0.3) is 5.91 Å². The molecule has 5 nitrogen and oxygen atoms in total. The molecule has 0 aliphatic carbocycles. The smallest absolute Gasteiger partial charge is 0.255 e. The Kier molecular flexibility index (Phi) is 5.17. The highest BCUT2D eigenvalue weighted by atomic mass is 16.3. The van der Waals surface area contributed by atoms with Crippen LogP contribution in [-0.4, -0.2) is 30.0 Å². The van der Waals surface area contributed by atoms with Crippen molar-refractivity contribution >= 4 is 11.8 Å². The van der Waals surface area contributed by atoms with E-state index in [2.05, 4.69) is 10.6 Å². The van der Waals surface area contributed by atoms with E-state index in [-0.39, 0.29) is 23.8 Å². The summed E-state index contributed by atoms with van der Waals surface area (Å²) in [7, 11) is 0. The highest BCUT2D eigenvalue weighted by molar-refractivity contribution is 5.98. The van der Waals surface area contributed by atoms with Gasteiger partial charge in [0.1, 0.15) is 5.75 Å². The lowest BCUT2D eigenvalue weighted by molar-refractivity contribution is -0.120. The summed E-state index contributed by atoms with van der Waals surface area (Å²) in [5, 5.41) is 14.6. The SMILES string of the molecule is CC(C)CNC(=O)CNC(=O)c1ccccc1O. The van der Waals surface area contributed by atoms with Gasteiger partial charge in [-0.3, -0.25) is 9.59 Å². The zero-order valence-electron chi connectivity index (χ0n) is 10.6. The van der Waals surface area contributed by atoms with Crippen molar-refractivity contribution in [2.75, 3.05) is 13.1 Å². The van der Waals surface area contributed by atoms with Gasteiger partial charge < -0.3 is 15.7 Å². The average molecular weight is 250 g/mol. The summed E-state index contributed by atoms with van der Waals surface area (Å²) in [6, 6.07) is 6.19. The van der Waals surface area contributed by atoms with Crippen LogP contribution in [0.4, 0.5) is 0 Å². The van der Waals surface area contributed by atoms with E-state index < -0.39 is 5.91 Å². The summed E-state index contributed by atoms with van der Waals surface area (Å²) in [5.74, 6) is -0.444. The molecule has 0 aliphatic rings. The molecule has 0 saturated heterocycles. The molecule has 5 heteroatoms. The number of nitrogens with one attached hydrogen (secondary N) is 2. The third-order valence-electron chi connectivity index (χ3n) is 2.27. The quantitative estimate of drug-likeness (QED) is 0.726. The molecule has 0 heterocycles. The van der Waals surface area contributed by atoms with Crippen molar-refractivity contribution in [2.24, 2.45) is 5.92 Å². The minimum atomic E-state index is -0.465. The largest absolute Gasteiger partial charge is 0.507 e. The molecule has 1 rings (SSSR count). The molecule has 0 spiro atoms. The maximum Gasteiger partial charge on any atom is 0.255 e. The Bertz CT molecular complexity index is 430. The minimum absolute atomic E-state index is 0.0973. The van der Waals surface area contributed by atoms with Gasteiger partial charge in [0.15, 0.2) is 0 Å². The van der Waals surface area contributed by atoms with Crippen LogP contribution in [0.3, 0.4) is 0 Å². The van der Waals surface area contributed by atoms with Crippen molar-refractivity contribution in [3.63, 3.8) is 0 Å². The zero-order chi connectivity index (χ0) is 13.5. The summed E-state index contributed by atoms with van der Waals surface area (Å²) < 4.78 is 0. The number of carbonyl (C=O) groups is 2. The molecule has 3 N–H and O–H groups in total. The highest BCUT2D eigenvalue weighted by Gasteiger charge is 2.11. The molecule has 1 aromatic rings. The summed E-state index contributed by atoms with van der Waals surface area (Å²) in [6.45, 7) is 4.45. The number of rotatable bonds is 5. The molecule has 98 valence electrons. The Morgan fingerprint density at radius 3 is 2.50 bits per heavy atom. The minimum Gasteiger partial charge on any atom is -0.507 e. The lowest BCUT2D eigenvalue weighted by atomic mass is 10.2. The Balaban J connectivity index is 2.42. The molecule has 18 heavy (non-hydrogen) atoms. The third-order valence-corrected chi connectivity index (χ3v) is 2.27. The van der Waals surface area contributed by atoms with Gasteiger partial charge in [-0.1, -0.05) is 26.0 Å². The molecule has 0 unspecified atom stereocenters. The molecule has 0 aliphatic heterocycles. The van der Waals surface area contributed by atoms with Crippen LogP contribution in [0.15, 0.2) is 24.3 Å². The first kappa shape index (κ1) is 14.0. The van der Waals surface area contributed by atoms with Crippen molar-refractivity contribution < 1.29 is 14.7 Å². The molecule has 0 radical (unpaired) electrons. The van der Waals surface area contributed by atoms with Crippen LogP contribution < -0.4 is 10.6 Å². The van der Waals surface area contributed by atoms with Crippen LogP contribution in [0.2, 0.25) is 0 Å². The van der Waals surface area contributed by atoms with Crippen molar-refractivity contribution in [1.82, 2.24) is 10.6 Å². The fraction of sp³-hybridized carbons (Fsp3) is 0.385. The van der Waals surface area contributed by atoms with E-state index in [9.17, 15) is 14.7 Å². The lowest BCUT2D eigenvalue weighted by Gasteiger charge is -2.09. The molecule has 0 bridgehead atoms. The molecule has 0 atom stereocenters. The van der Waals surface area contributed by atoms with Crippen LogP contribution in [0, 0.1) is 5.92 Å². The molecule has 1 aromatic carbocycles. The highest BCUT2D eigenvalue weighted by Crippen LogP contribution is 2.14. The third kappa shape index (κ3) is 4.45. The van der Waals surface area contributed by atoms with E-state index in [0.29, 0.717) is 12.5 Å². The van der Waals surface area contributed by atoms with Gasteiger partial charge in [0.05, 0.1) is 12.1 Å². The van der Waals surface area contributed by atoms with Crippen LogP contribution >= 0.6 is 0 Å². The number of amides is 2. The van der Waals surface area contributed by atoms with Crippen LogP contribution in [0.25, 0.3) is 0 Å². The maximum atomic E-state index is 11.7. The van der Waals surface area contributed by atoms with Gasteiger partial charge in [0.2, 0.25) is 5.91 Å². The van der Waals surface area contributed by atoms with Crippen molar-refractivity contribution in [2.45, 2.75) is 13.8 Å². The standard InChI is InChI=1S/C13H18N2O3/c1-9(2)7-14-12(17)8-15-13(18)10-5-3-4-6-11(10)16/h3-6,9,16H,7-8H2,1-2H3,(H,14,17)(H,15,18). The molecular formula is C13H18N2O3. The summed E-state index contributed by atoms with van der Waals surface area (Å²) >= 11 is 0. The predicted octanol–water partition coefficient (Wildman–Crippen LogP) is 0.894. The summed E-state index contributed by atoms with van der Waals surface area (Å²) in [6.07, 6.45) is 0. The van der Waals surface area contributed by atoms with Crippen molar-refractivity contribution in [1.29, 1.82) is 0 Å². The first-order valence-electron chi connectivity index (χ1n) is 5.83. The van der Waals surface area contributed by atoms with Gasteiger partial charge in [-0.05, 0) is 18.1 Å². The molecule has 0 aromatic heterocycles. The van der Waals surface area contributed by atoms with E-state index in [1.807, 2.05) is 13.8 Å². The molecular weight excluding hydrogens is 232 g/mol. The number of para-hydroxylation sites is 1. The van der Waals surface area contributed by atoms with E-state index >= 15 is 0 Å². The topological polar surface area (TPSA) is 78.4 Å². The van der Waals surface area contributed by atoms with Crippen LogP contribution in [-0.2, 0) is 4.79 Å². The number of aromatic hydroxyl groups is 1. The van der Waals surface area contributed by atoms with E-state index in [1.54, 1.807) is 12.1 Å². The Morgan fingerprint density at radius 2 is 1.89 bits per heavy atom. The fourth-order valence-electron chi connectivity index (χ4n) is 1.30. The second kappa shape index (κ2) is 6.64. The van der Waals surface area contributed by atoms with Crippen LogP contribution in [0.5, 0.6) is 5.75 Å². The normalized spacial score (nSPS) is 10.2. The average Bonchev–Trinajstić information content (AvgIpc) is 2.34. The molecule has 2 amide bonds. The monoisotopic (exact) mass is 250 g/mol. The van der Waals surface area contributed by atoms with Crippen molar-refractivity contribution in [3.05, 3.63) is 29.8 Å². The van der Waals surface area contributed by atoms with Gasteiger partial charge in [-0.15, -0.1) is 0 Å².